The van der Waals surface area contributed by atoms with Crippen molar-refractivity contribution in [1.82, 2.24) is 0 Å². The van der Waals surface area contributed by atoms with Crippen LogP contribution in [-0.2, 0) is 6.04 Å². The monoisotopic (exact) mass is 334 g/mol. The van der Waals surface area contributed by atoms with Crippen LogP contribution in [-0.4, -0.2) is 24.2 Å². The molecule has 1 rings (SSSR count). The lowest BCUT2D eigenvalue weighted by atomic mass is 10.1. The van der Waals surface area contributed by atoms with Gasteiger partial charge in [-0.2, -0.15) is 0 Å². The topological polar surface area (TPSA) is 0 Å². The Kier molecular flexibility index (Phi) is 5.68. The van der Waals surface area contributed by atoms with E-state index in [1.165, 1.54) is 17.2 Å². The summed E-state index contributed by atoms with van der Waals surface area (Å²) in [4.78, 5) is 1.05. The third-order valence-corrected chi connectivity index (χ3v) is 25.8. The molecule has 1 aromatic carbocycles. The average Bonchev–Trinajstić information content (AvgIpc) is 2.24. The van der Waals surface area contributed by atoms with Gasteiger partial charge in [-0.15, -0.1) is 0 Å². The predicted molar refractivity (Wildman–Crippen MR) is 108 cm³/mol. The van der Waals surface area contributed by atoms with Crippen molar-refractivity contribution in [2.75, 3.05) is 0 Å². The van der Waals surface area contributed by atoms with Crippen LogP contribution in [0.1, 0.15) is 11.1 Å². The van der Waals surface area contributed by atoms with Crippen molar-refractivity contribution in [3.63, 3.8) is 0 Å². The maximum atomic E-state index is 3.85. The highest BCUT2D eigenvalue weighted by molar-refractivity contribution is 7.12. The van der Waals surface area contributed by atoms with Gasteiger partial charge in [0.25, 0.3) is 0 Å². The van der Waals surface area contributed by atoms with Gasteiger partial charge in [-0.1, -0.05) is 99.6 Å². The fourth-order valence-electron chi connectivity index (χ4n) is 5.04. The van der Waals surface area contributed by atoms with Gasteiger partial charge in [0.1, 0.15) is 0 Å². The molecule has 0 heterocycles. The maximum absolute atomic E-state index is 3.85. The molecule has 0 nitrogen and oxygen atoms in total. The molecule has 118 valence electrons. The first kappa shape index (κ1) is 18.7. The second-order valence-corrected chi connectivity index (χ2v) is 26.5. The van der Waals surface area contributed by atoms with E-state index in [1.807, 2.05) is 6.08 Å². The Bertz CT molecular complexity index is 459. The predicted octanol–water partition coefficient (Wildman–Crippen LogP) is 6.24. The van der Waals surface area contributed by atoms with Crippen molar-refractivity contribution in [3.05, 3.63) is 42.0 Å². The Morgan fingerprint density at radius 3 is 1.62 bits per heavy atom. The van der Waals surface area contributed by atoms with Gasteiger partial charge in [-0.25, -0.2) is 0 Å². The number of rotatable bonds is 6. The normalized spacial score (nSPS) is 13.6. The molecule has 0 unspecified atom stereocenters. The van der Waals surface area contributed by atoms with Crippen molar-refractivity contribution in [2.45, 2.75) is 63.2 Å². The second-order valence-electron chi connectivity index (χ2n) is 9.28. The van der Waals surface area contributed by atoms with E-state index < -0.39 is 24.2 Å². The van der Waals surface area contributed by atoms with Gasteiger partial charge in [-0.05, 0) is 11.6 Å². The van der Waals surface area contributed by atoms with Crippen molar-refractivity contribution < 1.29 is 0 Å². The van der Waals surface area contributed by atoms with E-state index in [9.17, 15) is 0 Å². The molecule has 0 bridgehead atoms. The lowest BCUT2D eigenvalue weighted by Crippen LogP contribution is -2.57. The van der Waals surface area contributed by atoms with E-state index in [1.54, 1.807) is 0 Å². The van der Waals surface area contributed by atoms with E-state index in [4.69, 9.17) is 0 Å². The summed E-state index contributed by atoms with van der Waals surface area (Å²) in [6.45, 7) is 24.6. The van der Waals surface area contributed by atoms with E-state index in [0.717, 1.165) is 4.79 Å². The summed E-state index contributed by atoms with van der Waals surface area (Å²) < 4.78 is 0. The first-order valence-electron chi connectivity index (χ1n) is 8.09. The molecule has 3 heteroatoms. The molecule has 1 aromatic rings. The summed E-state index contributed by atoms with van der Waals surface area (Å²) in [5, 5.41) is 0. The standard InChI is InChI=1S/C18H34Si3/c1-10-16-11-13-17(14-12-16)15-21(8,9)18(19(2,3)4)20(5,6)7/h10-14,18H,1,15H2,2-9H3. The Hall–Kier alpha value is -0.389. The van der Waals surface area contributed by atoms with Gasteiger partial charge in [0, 0.05) is 24.2 Å². The minimum atomic E-state index is -1.27. The van der Waals surface area contributed by atoms with Crippen molar-refractivity contribution in [3.8, 4) is 0 Å². The van der Waals surface area contributed by atoms with E-state index in [0.29, 0.717) is 0 Å². The van der Waals surface area contributed by atoms with Crippen LogP contribution in [0.15, 0.2) is 30.8 Å². The van der Waals surface area contributed by atoms with Crippen molar-refractivity contribution in [2.24, 2.45) is 0 Å². The van der Waals surface area contributed by atoms with Crippen LogP contribution in [0.25, 0.3) is 6.08 Å². The highest BCUT2D eigenvalue weighted by atomic mass is 28.5. The molecule has 0 N–H and O–H groups in total. The fraction of sp³-hybridized carbons (Fsp3) is 0.556. The molecule has 0 fully saturated rings. The van der Waals surface area contributed by atoms with E-state index in [-0.39, 0.29) is 0 Å². The molecule has 0 spiro atoms. The average molecular weight is 335 g/mol. The lowest BCUT2D eigenvalue weighted by molar-refractivity contribution is 1.22. The summed E-state index contributed by atoms with van der Waals surface area (Å²) in [7, 11) is -3.52. The van der Waals surface area contributed by atoms with E-state index >= 15 is 0 Å². The molecule has 0 atom stereocenters. The first-order valence-corrected chi connectivity index (χ1v) is 18.5. The van der Waals surface area contributed by atoms with Crippen LogP contribution in [0.2, 0.25) is 57.2 Å². The van der Waals surface area contributed by atoms with Crippen LogP contribution in [0.5, 0.6) is 0 Å². The second kappa shape index (κ2) is 6.39. The minimum Gasteiger partial charge on any atom is -0.0985 e. The molecule has 0 aliphatic rings. The smallest absolute Gasteiger partial charge is 0.0496 e. The number of benzene rings is 1. The molecule has 21 heavy (non-hydrogen) atoms. The first-order chi connectivity index (χ1) is 9.38. The third kappa shape index (κ3) is 5.08. The molecule has 0 saturated carbocycles. The Morgan fingerprint density at radius 2 is 1.29 bits per heavy atom. The van der Waals surface area contributed by atoms with Gasteiger partial charge in [-0.3, -0.25) is 0 Å². The SMILES string of the molecule is C=Cc1ccc(C[Si](C)(C)C([Si](C)(C)C)[Si](C)(C)C)cc1. The zero-order chi connectivity index (χ0) is 16.5. The fourth-order valence-corrected chi connectivity index (χ4v) is 36.3. The van der Waals surface area contributed by atoms with Crippen LogP contribution < -0.4 is 0 Å². The maximum Gasteiger partial charge on any atom is 0.0496 e. The molecule has 0 amide bonds. The molecular formula is C18H34Si3. The van der Waals surface area contributed by atoms with Gasteiger partial charge >= 0.3 is 0 Å². The minimum absolute atomic E-state index is 1.05. The van der Waals surface area contributed by atoms with Crippen LogP contribution in [0, 0.1) is 0 Å². The van der Waals surface area contributed by atoms with Crippen LogP contribution >= 0.6 is 0 Å². The van der Waals surface area contributed by atoms with Crippen LogP contribution in [0.4, 0.5) is 0 Å². The summed E-state index contributed by atoms with van der Waals surface area (Å²) in [6.07, 6.45) is 1.93. The highest BCUT2D eigenvalue weighted by Gasteiger charge is 2.47. The zero-order valence-corrected chi connectivity index (χ0v) is 18.4. The van der Waals surface area contributed by atoms with Gasteiger partial charge < -0.3 is 0 Å². The highest BCUT2D eigenvalue weighted by Crippen LogP contribution is 2.41. The third-order valence-electron chi connectivity index (χ3n) is 4.39. The van der Waals surface area contributed by atoms with Crippen molar-refractivity contribution >= 4 is 30.3 Å². The summed E-state index contributed by atoms with van der Waals surface area (Å²) >= 11 is 0. The number of hydrogen-bond donors (Lipinski definition) is 0. The molecule has 0 aromatic heterocycles. The van der Waals surface area contributed by atoms with Gasteiger partial charge in [0.05, 0.1) is 0 Å². The zero-order valence-electron chi connectivity index (χ0n) is 15.4. The Labute approximate surface area is 135 Å². The molecule has 0 saturated heterocycles. The summed E-state index contributed by atoms with van der Waals surface area (Å²) in [5.74, 6) is 0. The molecule has 0 radical (unpaired) electrons. The Balaban J connectivity index is 3.08. The molecule has 0 aliphatic heterocycles. The van der Waals surface area contributed by atoms with E-state index in [2.05, 4.69) is 83.2 Å². The largest absolute Gasteiger partial charge is 0.0985 e. The summed E-state index contributed by atoms with van der Waals surface area (Å²) in [5.41, 5.74) is 2.75. The quantitative estimate of drug-likeness (QED) is 0.540. The van der Waals surface area contributed by atoms with Crippen LogP contribution in [0.3, 0.4) is 0 Å². The van der Waals surface area contributed by atoms with Gasteiger partial charge in [0.15, 0.2) is 0 Å². The number of hydrogen-bond acceptors (Lipinski definition) is 0. The van der Waals surface area contributed by atoms with Crippen molar-refractivity contribution in [1.29, 1.82) is 0 Å². The molecule has 0 aliphatic carbocycles. The molecular weight excluding hydrogens is 300 g/mol. The lowest BCUT2D eigenvalue weighted by Gasteiger charge is -2.48. The Morgan fingerprint density at radius 1 is 0.857 bits per heavy atom. The summed E-state index contributed by atoms with van der Waals surface area (Å²) in [6, 6.07) is 10.4. The van der Waals surface area contributed by atoms with Gasteiger partial charge in [0.2, 0.25) is 0 Å².